The standard InChI is InChI=1S/C8H8I/c1-2-7-5-3-4-6-8(7)9/h3-4,6H,2H2,1H3. The Balaban J connectivity index is 3.01. The van der Waals surface area contributed by atoms with Crippen molar-refractivity contribution in [2.45, 2.75) is 13.3 Å². The van der Waals surface area contributed by atoms with E-state index in [1.165, 1.54) is 9.13 Å². The van der Waals surface area contributed by atoms with E-state index in [0.29, 0.717) is 0 Å². The molecule has 1 rings (SSSR count). The van der Waals surface area contributed by atoms with Crippen molar-refractivity contribution in [3.05, 3.63) is 33.4 Å². The second-order valence-electron chi connectivity index (χ2n) is 1.85. The van der Waals surface area contributed by atoms with Crippen molar-refractivity contribution in [2.24, 2.45) is 0 Å². The summed E-state index contributed by atoms with van der Waals surface area (Å²) in [6.07, 6.45) is 1.08. The highest BCUT2D eigenvalue weighted by Gasteiger charge is 1.91. The molecule has 0 N–H and O–H groups in total. The lowest BCUT2D eigenvalue weighted by Gasteiger charge is -1.96. The number of aryl methyl sites for hydroxylation is 1. The average Bonchev–Trinajstić information content (AvgIpc) is 1.89. The Bertz CT molecular complexity index is 194. The normalized spacial score (nSPS) is 9.56. The lowest BCUT2D eigenvalue weighted by molar-refractivity contribution is 1.12. The highest BCUT2D eigenvalue weighted by molar-refractivity contribution is 14.1. The van der Waals surface area contributed by atoms with E-state index in [1.54, 1.807) is 0 Å². The molecule has 0 saturated heterocycles. The van der Waals surface area contributed by atoms with Crippen molar-refractivity contribution >= 4 is 22.6 Å². The van der Waals surface area contributed by atoms with Gasteiger partial charge in [-0.1, -0.05) is 19.1 Å². The average molecular weight is 231 g/mol. The van der Waals surface area contributed by atoms with E-state index in [9.17, 15) is 0 Å². The van der Waals surface area contributed by atoms with Crippen LogP contribution in [0.4, 0.5) is 0 Å². The Kier molecular flexibility index (Phi) is 2.51. The third-order valence-corrected chi connectivity index (χ3v) is 2.25. The molecule has 1 aromatic carbocycles. The molecular formula is C8H8I. The minimum atomic E-state index is 1.08. The van der Waals surface area contributed by atoms with Gasteiger partial charge in [-0.05, 0) is 46.7 Å². The first kappa shape index (κ1) is 7.06. The predicted octanol–water partition coefficient (Wildman–Crippen LogP) is 2.65. The van der Waals surface area contributed by atoms with Crippen molar-refractivity contribution in [1.29, 1.82) is 0 Å². The first-order chi connectivity index (χ1) is 4.34. The van der Waals surface area contributed by atoms with E-state index in [0.717, 1.165) is 6.42 Å². The summed E-state index contributed by atoms with van der Waals surface area (Å²) in [4.78, 5) is 0. The van der Waals surface area contributed by atoms with Crippen LogP contribution >= 0.6 is 22.6 Å². The fourth-order valence-corrected chi connectivity index (χ4v) is 1.47. The number of hydrogen-bond donors (Lipinski definition) is 0. The number of benzene rings is 1. The number of rotatable bonds is 1. The van der Waals surface area contributed by atoms with Crippen LogP contribution < -0.4 is 0 Å². The zero-order valence-corrected chi connectivity index (χ0v) is 7.47. The topological polar surface area (TPSA) is 0 Å². The van der Waals surface area contributed by atoms with E-state index in [4.69, 9.17) is 0 Å². The molecule has 0 amide bonds. The minimum Gasteiger partial charge on any atom is -0.0612 e. The molecule has 0 saturated carbocycles. The fraction of sp³-hybridized carbons (Fsp3) is 0.250. The van der Waals surface area contributed by atoms with E-state index >= 15 is 0 Å². The Morgan fingerprint density at radius 1 is 1.67 bits per heavy atom. The highest BCUT2D eigenvalue weighted by Crippen LogP contribution is 2.10. The lowest BCUT2D eigenvalue weighted by Crippen LogP contribution is -1.82. The molecule has 0 atom stereocenters. The molecule has 0 heterocycles. The van der Waals surface area contributed by atoms with E-state index < -0.39 is 0 Å². The molecule has 0 spiro atoms. The molecular weight excluding hydrogens is 223 g/mol. The molecule has 0 fully saturated rings. The van der Waals surface area contributed by atoms with Gasteiger partial charge in [0.25, 0.3) is 0 Å². The van der Waals surface area contributed by atoms with E-state index in [1.807, 2.05) is 12.1 Å². The first-order valence-corrected chi connectivity index (χ1v) is 4.07. The first-order valence-electron chi connectivity index (χ1n) is 2.99. The van der Waals surface area contributed by atoms with Crippen molar-refractivity contribution in [1.82, 2.24) is 0 Å². The minimum absolute atomic E-state index is 1.08. The summed E-state index contributed by atoms with van der Waals surface area (Å²) in [5, 5.41) is 0. The molecule has 0 aliphatic heterocycles. The largest absolute Gasteiger partial charge is 0.0612 e. The molecule has 1 aromatic rings. The van der Waals surface area contributed by atoms with Gasteiger partial charge in [-0.3, -0.25) is 0 Å². The molecule has 0 nitrogen and oxygen atoms in total. The smallest absolute Gasteiger partial charge is 0.0168 e. The summed E-state index contributed by atoms with van der Waals surface area (Å²) < 4.78 is 1.32. The summed E-state index contributed by atoms with van der Waals surface area (Å²) in [5.74, 6) is 0. The second kappa shape index (κ2) is 3.20. The van der Waals surface area contributed by atoms with Crippen LogP contribution in [0.25, 0.3) is 0 Å². The maximum atomic E-state index is 3.18. The molecule has 0 aliphatic rings. The molecule has 0 bridgehead atoms. The van der Waals surface area contributed by atoms with Gasteiger partial charge in [0.2, 0.25) is 0 Å². The summed E-state index contributed by atoms with van der Waals surface area (Å²) in [7, 11) is 0. The van der Waals surface area contributed by atoms with Gasteiger partial charge in [-0.2, -0.15) is 0 Å². The summed E-state index contributed by atoms with van der Waals surface area (Å²) in [6.45, 7) is 2.15. The maximum absolute atomic E-state index is 3.18. The van der Waals surface area contributed by atoms with Gasteiger partial charge in [0.15, 0.2) is 0 Å². The van der Waals surface area contributed by atoms with Crippen LogP contribution in [0.1, 0.15) is 12.5 Å². The van der Waals surface area contributed by atoms with Crippen LogP contribution in [0, 0.1) is 9.64 Å². The van der Waals surface area contributed by atoms with Gasteiger partial charge < -0.3 is 0 Å². The van der Waals surface area contributed by atoms with Crippen molar-refractivity contribution < 1.29 is 0 Å². The molecule has 0 unspecified atom stereocenters. The lowest BCUT2D eigenvalue weighted by atomic mass is 10.2. The summed E-state index contributed by atoms with van der Waals surface area (Å²) in [5.41, 5.74) is 1.32. The van der Waals surface area contributed by atoms with Gasteiger partial charge in [0.1, 0.15) is 0 Å². The van der Waals surface area contributed by atoms with Gasteiger partial charge >= 0.3 is 0 Å². The third kappa shape index (κ3) is 1.68. The second-order valence-corrected chi connectivity index (χ2v) is 3.01. The Hall–Kier alpha value is -0.0500. The summed E-state index contributed by atoms with van der Waals surface area (Å²) >= 11 is 2.33. The van der Waals surface area contributed by atoms with Crippen LogP contribution in [-0.4, -0.2) is 0 Å². The van der Waals surface area contributed by atoms with E-state index in [-0.39, 0.29) is 0 Å². The Labute approximate surface area is 69.4 Å². The molecule has 9 heavy (non-hydrogen) atoms. The molecule has 0 aromatic heterocycles. The van der Waals surface area contributed by atoms with Crippen LogP contribution in [0.2, 0.25) is 0 Å². The monoisotopic (exact) mass is 231 g/mol. The molecule has 1 radical (unpaired) electrons. The van der Waals surface area contributed by atoms with Crippen LogP contribution in [0.5, 0.6) is 0 Å². The SMILES string of the molecule is CCc1[c]cccc1I. The zero-order valence-electron chi connectivity index (χ0n) is 5.32. The van der Waals surface area contributed by atoms with Gasteiger partial charge in [-0.25, -0.2) is 0 Å². The van der Waals surface area contributed by atoms with Crippen LogP contribution in [0.15, 0.2) is 18.2 Å². The zero-order chi connectivity index (χ0) is 6.69. The predicted molar refractivity (Wildman–Crippen MR) is 47.4 cm³/mol. The van der Waals surface area contributed by atoms with Gasteiger partial charge in [0, 0.05) is 3.57 Å². The fourth-order valence-electron chi connectivity index (χ4n) is 0.722. The van der Waals surface area contributed by atoms with Crippen molar-refractivity contribution in [3.63, 3.8) is 0 Å². The van der Waals surface area contributed by atoms with Crippen LogP contribution in [-0.2, 0) is 6.42 Å². The molecule has 47 valence electrons. The van der Waals surface area contributed by atoms with Gasteiger partial charge in [-0.15, -0.1) is 0 Å². The Morgan fingerprint density at radius 3 is 2.89 bits per heavy atom. The quantitative estimate of drug-likeness (QED) is 0.652. The molecule has 1 heteroatoms. The van der Waals surface area contributed by atoms with E-state index in [2.05, 4.69) is 41.6 Å². The Morgan fingerprint density at radius 2 is 2.44 bits per heavy atom. The number of hydrogen-bond acceptors (Lipinski definition) is 0. The maximum Gasteiger partial charge on any atom is 0.0168 e. The van der Waals surface area contributed by atoms with Gasteiger partial charge in [0.05, 0.1) is 0 Å². The number of halogens is 1. The van der Waals surface area contributed by atoms with Crippen molar-refractivity contribution in [3.8, 4) is 0 Å². The highest BCUT2D eigenvalue weighted by atomic mass is 127. The molecule has 0 aliphatic carbocycles. The van der Waals surface area contributed by atoms with Crippen molar-refractivity contribution in [2.75, 3.05) is 0 Å². The summed E-state index contributed by atoms with van der Waals surface area (Å²) in [6, 6.07) is 9.26. The van der Waals surface area contributed by atoms with Crippen LogP contribution in [0.3, 0.4) is 0 Å². The third-order valence-electron chi connectivity index (χ3n) is 1.24.